The van der Waals surface area contributed by atoms with Crippen molar-refractivity contribution in [2.45, 2.75) is 6.54 Å². The number of anilines is 3. The van der Waals surface area contributed by atoms with E-state index < -0.39 is 0 Å². The van der Waals surface area contributed by atoms with Crippen LogP contribution in [0.5, 0.6) is 0 Å². The molecule has 3 aromatic rings. The van der Waals surface area contributed by atoms with E-state index in [0.717, 1.165) is 43.4 Å². The highest BCUT2D eigenvalue weighted by Crippen LogP contribution is 2.20. The van der Waals surface area contributed by atoms with Gasteiger partial charge in [0.25, 0.3) is 0 Å². The van der Waals surface area contributed by atoms with Crippen molar-refractivity contribution < 1.29 is 0 Å². The van der Waals surface area contributed by atoms with Crippen LogP contribution in [0.4, 0.5) is 17.3 Å². The Morgan fingerprint density at radius 1 is 0.885 bits per heavy atom. The third-order valence-corrected chi connectivity index (χ3v) is 4.57. The Labute approximate surface area is 153 Å². The minimum atomic E-state index is 0.700. The van der Waals surface area contributed by atoms with Gasteiger partial charge in [0, 0.05) is 56.9 Å². The van der Waals surface area contributed by atoms with Crippen molar-refractivity contribution >= 4 is 17.3 Å². The first-order valence-electron chi connectivity index (χ1n) is 8.88. The fraction of sp³-hybridized carbons (Fsp3) is 0.250. The van der Waals surface area contributed by atoms with E-state index in [1.807, 2.05) is 24.4 Å². The molecule has 1 aromatic carbocycles. The molecule has 6 nitrogen and oxygen atoms in total. The maximum absolute atomic E-state index is 4.46. The molecule has 4 rings (SSSR count). The average Bonchev–Trinajstić information content (AvgIpc) is 2.74. The standard InChI is InChI=1S/C20H22N6/c1-2-6-18(7-3-1)25-9-11-26(12-10-25)20-13-19(23-16-24-20)22-15-17-5-4-8-21-14-17/h1-8,13-14,16H,9-12,15H2,(H,22,23,24). The van der Waals surface area contributed by atoms with Gasteiger partial charge in [-0.2, -0.15) is 0 Å². The van der Waals surface area contributed by atoms with Crippen molar-refractivity contribution in [2.24, 2.45) is 0 Å². The maximum Gasteiger partial charge on any atom is 0.134 e. The lowest BCUT2D eigenvalue weighted by molar-refractivity contribution is 0.647. The molecule has 1 aliphatic rings. The number of nitrogens with one attached hydrogen (secondary N) is 1. The zero-order valence-corrected chi connectivity index (χ0v) is 14.6. The molecule has 132 valence electrons. The Bertz CT molecular complexity index is 816. The third kappa shape index (κ3) is 3.91. The summed E-state index contributed by atoms with van der Waals surface area (Å²) in [6.07, 6.45) is 5.27. The summed E-state index contributed by atoms with van der Waals surface area (Å²) in [5.74, 6) is 1.81. The molecule has 1 N–H and O–H groups in total. The summed E-state index contributed by atoms with van der Waals surface area (Å²) in [6, 6.07) is 16.6. The second kappa shape index (κ2) is 7.82. The van der Waals surface area contributed by atoms with Gasteiger partial charge in [0.05, 0.1) is 0 Å². The number of aromatic nitrogens is 3. The summed E-state index contributed by atoms with van der Waals surface area (Å²) in [4.78, 5) is 17.7. The Balaban J connectivity index is 1.36. The van der Waals surface area contributed by atoms with Gasteiger partial charge in [0.2, 0.25) is 0 Å². The number of hydrogen-bond acceptors (Lipinski definition) is 6. The topological polar surface area (TPSA) is 57.2 Å². The lowest BCUT2D eigenvalue weighted by Crippen LogP contribution is -2.46. The van der Waals surface area contributed by atoms with Crippen LogP contribution in [0.1, 0.15) is 5.56 Å². The third-order valence-electron chi connectivity index (χ3n) is 4.57. The molecule has 2 aromatic heterocycles. The van der Waals surface area contributed by atoms with E-state index in [0.29, 0.717) is 6.54 Å². The molecule has 0 atom stereocenters. The first-order valence-corrected chi connectivity index (χ1v) is 8.88. The fourth-order valence-electron chi connectivity index (χ4n) is 3.14. The van der Waals surface area contributed by atoms with Crippen molar-refractivity contribution in [3.05, 3.63) is 72.8 Å². The van der Waals surface area contributed by atoms with Crippen molar-refractivity contribution in [1.29, 1.82) is 0 Å². The lowest BCUT2D eigenvalue weighted by atomic mass is 10.2. The number of hydrogen-bond donors (Lipinski definition) is 1. The molecule has 0 amide bonds. The van der Waals surface area contributed by atoms with E-state index in [9.17, 15) is 0 Å². The Morgan fingerprint density at radius 2 is 1.69 bits per heavy atom. The van der Waals surface area contributed by atoms with Crippen LogP contribution in [0.25, 0.3) is 0 Å². The SMILES string of the molecule is c1ccc(N2CCN(c3cc(NCc4cccnc4)ncn3)CC2)cc1. The van der Waals surface area contributed by atoms with Gasteiger partial charge in [-0.25, -0.2) is 9.97 Å². The quantitative estimate of drug-likeness (QED) is 0.767. The molecular weight excluding hydrogens is 324 g/mol. The minimum absolute atomic E-state index is 0.700. The second-order valence-corrected chi connectivity index (χ2v) is 6.29. The maximum atomic E-state index is 4.46. The molecular formula is C20H22N6. The summed E-state index contributed by atoms with van der Waals surface area (Å²) in [6.45, 7) is 4.59. The predicted octanol–water partition coefficient (Wildman–Crippen LogP) is 2.81. The summed E-state index contributed by atoms with van der Waals surface area (Å²) in [7, 11) is 0. The van der Waals surface area contributed by atoms with Gasteiger partial charge in [0.15, 0.2) is 0 Å². The summed E-state index contributed by atoms with van der Waals surface area (Å²) in [5, 5.41) is 3.35. The smallest absolute Gasteiger partial charge is 0.134 e. The van der Waals surface area contributed by atoms with Crippen molar-refractivity contribution in [2.75, 3.05) is 41.3 Å². The molecule has 0 bridgehead atoms. The van der Waals surface area contributed by atoms with E-state index in [1.54, 1.807) is 12.5 Å². The predicted molar refractivity (Wildman–Crippen MR) is 104 cm³/mol. The monoisotopic (exact) mass is 346 g/mol. The van der Waals surface area contributed by atoms with E-state index in [4.69, 9.17) is 0 Å². The van der Waals surface area contributed by atoms with E-state index in [1.165, 1.54) is 5.69 Å². The molecule has 0 radical (unpaired) electrons. The van der Waals surface area contributed by atoms with Gasteiger partial charge in [-0.15, -0.1) is 0 Å². The highest BCUT2D eigenvalue weighted by Gasteiger charge is 2.18. The number of para-hydroxylation sites is 1. The van der Waals surface area contributed by atoms with Crippen LogP contribution in [-0.4, -0.2) is 41.1 Å². The van der Waals surface area contributed by atoms with Gasteiger partial charge in [0.1, 0.15) is 18.0 Å². The fourth-order valence-corrected chi connectivity index (χ4v) is 3.14. The van der Waals surface area contributed by atoms with Crippen molar-refractivity contribution in [1.82, 2.24) is 15.0 Å². The molecule has 26 heavy (non-hydrogen) atoms. The molecule has 0 spiro atoms. The second-order valence-electron chi connectivity index (χ2n) is 6.29. The van der Waals surface area contributed by atoms with Crippen LogP contribution < -0.4 is 15.1 Å². The average molecular weight is 346 g/mol. The van der Waals surface area contributed by atoms with Crippen LogP contribution >= 0.6 is 0 Å². The van der Waals surface area contributed by atoms with Crippen LogP contribution in [-0.2, 0) is 6.54 Å². The van der Waals surface area contributed by atoms with Gasteiger partial charge < -0.3 is 15.1 Å². The summed E-state index contributed by atoms with van der Waals surface area (Å²) >= 11 is 0. The minimum Gasteiger partial charge on any atom is -0.368 e. The van der Waals surface area contributed by atoms with Gasteiger partial charge in [-0.3, -0.25) is 4.98 Å². The van der Waals surface area contributed by atoms with Gasteiger partial charge >= 0.3 is 0 Å². The number of piperazine rings is 1. The Hall–Kier alpha value is -3.15. The first kappa shape index (κ1) is 16.3. The largest absolute Gasteiger partial charge is 0.368 e. The molecule has 0 aliphatic carbocycles. The number of pyridine rings is 1. The van der Waals surface area contributed by atoms with Crippen LogP contribution in [0.15, 0.2) is 67.3 Å². The summed E-state index contributed by atoms with van der Waals surface area (Å²) in [5.41, 5.74) is 2.41. The van der Waals surface area contributed by atoms with Gasteiger partial charge in [-0.05, 0) is 23.8 Å². The molecule has 6 heteroatoms. The van der Waals surface area contributed by atoms with E-state index in [-0.39, 0.29) is 0 Å². The molecule has 0 unspecified atom stereocenters. The number of benzene rings is 1. The van der Waals surface area contributed by atoms with E-state index >= 15 is 0 Å². The highest BCUT2D eigenvalue weighted by molar-refractivity contribution is 5.52. The molecule has 1 aliphatic heterocycles. The number of rotatable bonds is 5. The van der Waals surface area contributed by atoms with E-state index in [2.05, 4.69) is 60.4 Å². The zero-order chi connectivity index (χ0) is 17.6. The first-order chi connectivity index (χ1) is 12.9. The van der Waals surface area contributed by atoms with Gasteiger partial charge in [-0.1, -0.05) is 24.3 Å². The normalized spacial score (nSPS) is 14.3. The van der Waals surface area contributed by atoms with Crippen molar-refractivity contribution in [3.63, 3.8) is 0 Å². The number of nitrogens with zero attached hydrogens (tertiary/aromatic N) is 5. The zero-order valence-electron chi connectivity index (χ0n) is 14.6. The molecule has 3 heterocycles. The Kier molecular flexibility index (Phi) is 4.91. The lowest BCUT2D eigenvalue weighted by Gasteiger charge is -2.36. The highest BCUT2D eigenvalue weighted by atomic mass is 15.3. The van der Waals surface area contributed by atoms with Crippen LogP contribution in [0.3, 0.4) is 0 Å². The van der Waals surface area contributed by atoms with Crippen molar-refractivity contribution in [3.8, 4) is 0 Å². The van der Waals surface area contributed by atoms with Crippen LogP contribution in [0, 0.1) is 0 Å². The van der Waals surface area contributed by atoms with Crippen LogP contribution in [0.2, 0.25) is 0 Å². The molecule has 0 saturated carbocycles. The summed E-state index contributed by atoms with van der Waals surface area (Å²) < 4.78 is 0. The Morgan fingerprint density at radius 3 is 2.46 bits per heavy atom. The molecule has 1 saturated heterocycles. The molecule has 1 fully saturated rings.